The zero-order chi connectivity index (χ0) is 22.8. The van der Waals surface area contributed by atoms with Gasteiger partial charge < -0.3 is 10.6 Å². The second kappa shape index (κ2) is 9.13. The van der Waals surface area contributed by atoms with Crippen molar-refractivity contribution in [1.29, 1.82) is 0 Å². The molecule has 0 unspecified atom stereocenters. The van der Waals surface area contributed by atoms with Crippen LogP contribution in [0.1, 0.15) is 15.9 Å². The summed E-state index contributed by atoms with van der Waals surface area (Å²) < 4.78 is 1.06. The van der Waals surface area contributed by atoms with E-state index in [9.17, 15) is 14.4 Å². The van der Waals surface area contributed by atoms with Crippen LogP contribution in [0, 0.1) is 10.5 Å². The molecule has 0 bridgehead atoms. The second-order valence-corrected chi connectivity index (χ2v) is 8.76. The maximum Gasteiger partial charge on any atom is 0.283 e. The highest BCUT2D eigenvalue weighted by Gasteiger charge is 2.38. The highest BCUT2D eigenvalue weighted by atomic mass is 127. The Hall–Kier alpha value is -3.17. The lowest BCUT2D eigenvalue weighted by atomic mass is 10.1. The molecule has 4 rings (SSSR count). The highest BCUT2D eigenvalue weighted by molar-refractivity contribution is 14.1. The SMILES string of the molecule is Cc1ccc(N2C(=O)C(Cl)=C(Nc3cccc(C(=O)Nc4ccc(I)cc4)c3)C2=O)cc1. The van der Waals surface area contributed by atoms with Crippen LogP contribution in [0.4, 0.5) is 17.1 Å². The molecule has 0 saturated carbocycles. The van der Waals surface area contributed by atoms with Crippen LogP contribution < -0.4 is 15.5 Å². The van der Waals surface area contributed by atoms with Crippen LogP contribution in [0.2, 0.25) is 0 Å². The van der Waals surface area contributed by atoms with Crippen molar-refractivity contribution in [3.63, 3.8) is 0 Å². The van der Waals surface area contributed by atoms with Crippen LogP contribution in [0.15, 0.2) is 83.5 Å². The molecular weight excluding hydrogens is 541 g/mol. The molecule has 6 nitrogen and oxygen atoms in total. The number of hydrogen-bond donors (Lipinski definition) is 2. The minimum absolute atomic E-state index is 0.0348. The molecule has 3 aromatic carbocycles. The largest absolute Gasteiger partial charge is 0.350 e. The van der Waals surface area contributed by atoms with Gasteiger partial charge in [-0.2, -0.15) is 0 Å². The topological polar surface area (TPSA) is 78.5 Å². The van der Waals surface area contributed by atoms with Gasteiger partial charge in [0.15, 0.2) is 0 Å². The Labute approximate surface area is 203 Å². The van der Waals surface area contributed by atoms with E-state index < -0.39 is 11.8 Å². The number of aryl methyl sites for hydroxylation is 1. The first-order valence-corrected chi connectivity index (χ1v) is 11.1. The maximum absolute atomic E-state index is 12.9. The first-order valence-electron chi connectivity index (χ1n) is 9.63. The number of benzene rings is 3. The Kier molecular flexibility index (Phi) is 6.29. The molecule has 1 aliphatic heterocycles. The summed E-state index contributed by atoms with van der Waals surface area (Å²) in [4.78, 5) is 39.2. The summed E-state index contributed by atoms with van der Waals surface area (Å²) >= 11 is 8.39. The predicted molar refractivity (Wildman–Crippen MR) is 134 cm³/mol. The average molecular weight is 558 g/mol. The zero-order valence-electron chi connectivity index (χ0n) is 16.9. The number of amides is 3. The summed E-state index contributed by atoms with van der Waals surface area (Å²) in [6.45, 7) is 1.91. The van der Waals surface area contributed by atoms with Crippen molar-refractivity contribution in [3.8, 4) is 0 Å². The van der Waals surface area contributed by atoms with Crippen molar-refractivity contribution in [3.05, 3.63) is 98.2 Å². The molecule has 1 heterocycles. The Morgan fingerprint density at radius 3 is 2.28 bits per heavy atom. The Balaban J connectivity index is 1.53. The molecule has 1 aliphatic rings. The fourth-order valence-electron chi connectivity index (χ4n) is 3.16. The molecule has 0 saturated heterocycles. The van der Waals surface area contributed by atoms with E-state index in [0.29, 0.717) is 22.6 Å². The number of carbonyl (C=O) groups is 3. The normalized spacial score (nSPS) is 13.5. The van der Waals surface area contributed by atoms with Gasteiger partial charge in [0.2, 0.25) is 0 Å². The quantitative estimate of drug-likeness (QED) is 0.330. The van der Waals surface area contributed by atoms with E-state index >= 15 is 0 Å². The number of carbonyl (C=O) groups excluding carboxylic acids is 3. The number of halogens is 2. The van der Waals surface area contributed by atoms with Gasteiger partial charge >= 0.3 is 0 Å². The average Bonchev–Trinajstić information content (AvgIpc) is 2.99. The fourth-order valence-corrected chi connectivity index (χ4v) is 3.73. The van der Waals surface area contributed by atoms with Crippen LogP contribution in [0.25, 0.3) is 0 Å². The van der Waals surface area contributed by atoms with Gasteiger partial charge in [-0.15, -0.1) is 0 Å². The maximum atomic E-state index is 12.9. The molecular formula is C24H17ClIN3O3. The molecule has 0 spiro atoms. The van der Waals surface area contributed by atoms with Gasteiger partial charge in [-0.05, 0) is 84.1 Å². The number of imide groups is 1. The molecule has 0 aromatic heterocycles. The van der Waals surface area contributed by atoms with Crippen molar-refractivity contribution < 1.29 is 14.4 Å². The summed E-state index contributed by atoms with van der Waals surface area (Å²) in [6.07, 6.45) is 0. The van der Waals surface area contributed by atoms with Crippen molar-refractivity contribution in [2.75, 3.05) is 15.5 Å². The van der Waals surface area contributed by atoms with Crippen molar-refractivity contribution in [1.82, 2.24) is 0 Å². The first-order chi connectivity index (χ1) is 15.3. The zero-order valence-corrected chi connectivity index (χ0v) is 19.8. The Bertz CT molecular complexity index is 1250. The molecule has 0 atom stereocenters. The third kappa shape index (κ3) is 4.53. The van der Waals surface area contributed by atoms with Crippen LogP contribution >= 0.6 is 34.2 Å². The predicted octanol–water partition coefficient (Wildman–Crippen LogP) is 5.29. The lowest BCUT2D eigenvalue weighted by Gasteiger charge is -2.15. The number of hydrogen-bond acceptors (Lipinski definition) is 4. The van der Waals surface area contributed by atoms with Gasteiger partial charge in [-0.3, -0.25) is 14.4 Å². The number of rotatable bonds is 5. The second-order valence-electron chi connectivity index (χ2n) is 7.14. The van der Waals surface area contributed by atoms with Crippen molar-refractivity contribution in [2.24, 2.45) is 0 Å². The standard InChI is InChI=1S/C24H17ClIN3O3/c1-14-5-11-19(12-6-14)29-23(31)20(25)21(24(29)32)27-18-4-2-3-15(13-18)22(30)28-17-9-7-16(26)8-10-17/h2-13,27H,1H3,(H,28,30). The molecule has 0 aliphatic carbocycles. The fraction of sp³-hybridized carbons (Fsp3) is 0.0417. The van der Waals surface area contributed by atoms with Gasteiger partial charge in [-0.25, -0.2) is 4.90 Å². The van der Waals surface area contributed by atoms with Crippen molar-refractivity contribution in [2.45, 2.75) is 6.92 Å². The van der Waals surface area contributed by atoms with Gasteiger partial charge in [-0.1, -0.05) is 35.4 Å². The van der Waals surface area contributed by atoms with Gasteiger partial charge in [0, 0.05) is 20.5 Å². The molecule has 8 heteroatoms. The monoisotopic (exact) mass is 557 g/mol. The molecule has 0 fully saturated rings. The number of anilines is 3. The van der Waals surface area contributed by atoms with Crippen LogP contribution in [0.5, 0.6) is 0 Å². The van der Waals surface area contributed by atoms with Gasteiger partial charge in [0.25, 0.3) is 17.7 Å². The van der Waals surface area contributed by atoms with E-state index in [4.69, 9.17) is 11.6 Å². The summed E-state index contributed by atoms with van der Waals surface area (Å²) in [5.74, 6) is -1.46. The summed E-state index contributed by atoms with van der Waals surface area (Å²) in [5, 5.41) is 5.53. The summed E-state index contributed by atoms with van der Waals surface area (Å²) in [5.41, 5.74) is 2.92. The third-order valence-corrected chi connectivity index (χ3v) is 5.89. The van der Waals surface area contributed by atoms with Crippen LogP contribution in [-0.2, 0) is 9.59 Å². The highest BCUT2D eigenvalue weighted by Crippen LogP contribution is 2.30. The lowest BCUT2D eigenvalue weighted by Crippen LogP contribution is -2.32. The van der Waals surface area contributed by atoms with E-state index in [0.717, 1.165) is 14.0 Å². The molecule has 3 amide bonds. The number of nitrogens with one attached hydrogen (secondary N) is 2. The minimum atomic E-state index is -0.601. The third-order valence-electron chi connectivity index (χ3n) is 4.82. The number of nitrogens with zero attached hydrogens (tertiary/aromatic N) is 1. The van der Waals surface area contributed by atoms with E-state index in [1.54, 1.807) is 36.4 Å². The molecule has 2 N–H and O–H groups in total. The molecule has 160 valence electrons. The van der Waals surface area contributed by atoms with Crippen molar-refractivity contribution >= 4 is 69.0 Å². The molecule has 32 heavy (non-hydrogen) atoms. The van der Waals surface area contributed by atoms with E-state index in [2.05, 4.69) is 33.2 Å². The Morgan fingerprint density at radius 2 is 1.59 bits per heavy atom. The molecule has 3 aromatic rings. The smallest absolute Gasteiger partial charge is 0.283 e. The van der Waals surface area contributed by atoms with E-state index in [1.807, 2.05) is 43.3 Å². The van der Waals surface area contributed by atoms with Crippen LogP contribution in [0.3, 0.4) is 0 Å². The van der Waals surface area contributed by atoms with E-state index in [1.165, 1.54) is 0 Å². The van der Waals surface area contributed by atoms with Gasteiger partial charge in [0.05, 0.1) is 5.69 Å². The lowest BCUT2D eigenvalue weighted by molar-refractivity contribution is -0.120. The van der Waals surface area contributed by atoms with Crippen LogP contribution in [-0.4, -0.2) is 17.7 Å². The van der Waals surface area contributed by atoms with Gasteiger partial charge in [0.1, 0.15) is 10.7 Å². The van der Waals surface area contributed by atoms with E-state index in [-0.39, 0.29) is 16.6 Å². The summed E-state index contributed by atoms with van der Waals surface area (Å²) in [6, 6.07) is 21.0. The Morgan fingerprint density at radius 1 is 0.906 bits per heavy atom. The minimum Gasteiger partial charge on any atom is -0.350 e. The first kappa shape index (κ1) is 22.0. The summed E-state index contributed by atoms with van der Waals surface area (Å²) in [7, 11) is 0. The molecule has 0 radical (unpaired) electrons.